The van der Waals surface area contributed by atoms with E-state index in [1.165, 1.54) is 7.11 Å². The van der Waals surface area contributed by atoms with Gasteiger partial charge in [-0.25, -0.2) is 0 Å². The molecule has 1 amide bonds. The summed E-state index contributed by atoms with van der Waals surface area (Å²) in [5.41, 5.74) is 2.33. The second-order valence-corrected chi connectivity index (χ2v) is 5.16. The lowest BCUT2D eigenvalue weighted by Gasteiger charge is -2.15. The maximum atomic E-state index is 12.3. The van der Waals surface area contributed by atoms with Gasteiger partial charge in [-0.3, -0.25) is 4.79 Å². The molecule has 0 aliphatic rings. The number of benzene rings is 2. The van der Waals surface area contributed by atoms with Gasteiger partial charge in [0.25, 0.3) is 5.91 Å². The summed E-state index contributed by atoms with van der Waals surface area (Å²) in [4.78, 5) is 16.9. The van der Waals surface area contributed by atoms with Crippen molar-refractivity contribution in [3.63, 3.8) is 0 Å². The van der Waals surface area contributed by atoms with Crippen LogP contribution in [0.5, 0.6) is 0 Å². The molecule has 2 aromatic carbocycles. The smallest absolute Gasteiger partial charge is 0.251 e. The summed E-state index contributed by atoms with van der Waals surface area (Å²) in [7, 11) is 1.48. The van der Waals surface area contributed by atoms with Gasteiger partial charge in [0.1, 0.15) is 7.11 Å². The lowest BCUT2D eigenvalue weighted by molar-refractivity contribution is 0.0940. The van der Waals surface area contributed by atoms with Gasteiger partial charge >= 0.3 is 0 Å². The number of rotatable bonds is 5. The third-order valence-corrected chi connectivity index (χ3v) is 3.54. The highest BCUT2D eigenvalue weighted by atomic mass is 35.5. The molecule has 1 atom stereocenters. The Kier molecular flexibility index (Phi) is 5.55. The van der Waals surface area contributed by atoms with Gasteiger partial charge in [-0.2, -0.15) is 0 Å². The normalized spacial score (nSPS) is 12.1. The van der Waals surface area contributed by atoms with Gasteiger partial charge in [0.15, 0.2) is 0 Å². The van der Waals surface area contributed by atoms with Crippen LogP contribution in [0.25, 0.3) is 0 Å². The predicted octanol–water partition coefficient (Wildman–Crippen LogP) is 3.81. The van der Waals surface area contributed by atoms with Gasteiger partial charge in [-0.05, 0) is 36.2 Å². The van der Waals surface area contributed by atoms with E-state index in [1.807, 2.05) is 31.2 Å². The number of nitrogens with one attached hydrogen (secondary N) is 1. The van der Waals surface area contributed by atoms with E-state index in [0.717, 1.165) is 11.1 Å². The quantitative estimate of drug-likeness (QED) is 0.673. The minimum atomic E-state index is -0.170. The molecule has 0 saturated heterocycles. The molecule has 2 rings (SSSR count). The van der Waals surface area contributed by atoms with Crippen LogP contribution in [0.2, 0.25) is 5.02 Å². The van der Waals surface area contributed by atoms with Crippen LogP contribution in [0, 0.1) is 0 Å². The van der Waals surface area contributed by atoms with Crippen LogP contribution < -0.4 is 5.32 Å². The van der Waals surface area contributed by atoms with Crippen molar-refractivity contribution in [1.82, 2.24) is 5.32 Å². The number of halogens is 1. The first-order chi connectivity index (χ1) is 10.6. The zero-order valence-corrected chi connectivity index (χ0v) is 13.2. The molecular formula is C17H17ClN2O2. The summed E-state index contributed by atoms with van der Waals surface area (Å²) in [5, 5.41) is 7.25. The minimum Gasteiger partial charge on any atom is -0.399 e. The predicted molar refractivity (Wildman–Crippen MR) is 88.4 cm³/mol. The number of hydrogen-bond acceptors (Lipinski definition) is 3. The van der Waals surface area contributed by atoms with E-state index in [1.54, 1.807) is 30.5 Å². The molecule has 1 unspecified atom stereocenters. The number of carbonyl (C=O) groups excluding carboxylic acids is 1. The van der Waals surface area contributed by atoms with Crippen molar-refractivity contribution in [3.05, 3.63) is 70.2 Å². The molecule has 114 valence electrons. The first-order valence-electron chi connectivity index (χ1n) is 6.83. The second-order valence-electron chi connectivity index (χ2n) is 4.76. The standard InChI is InChI=1S/C17H17ClN2O2/c1-12(15-5-3-4-6-16(15)18)20-17(21)14-9-7-13(8-10-14)11-19-22-2/h3-12H,1-2H3,(H,20,21)/b19-11+. The van der Waals surface area contributed by atoms with Crippen molar-refractivity contribution in [2.45, 2.75) is 13.0 Å². The highest BCUT2D eigenvalue weighted by Crippen LogP contribution is 2.22. The van der Waals surface area contributed by atoms with Gasteiger partial charge in [0.05, 0.1) is 12.3 Å². The summed E-state index contributed by atoms with van der Waals surface area (Å²) >= 11 is 6.14. The molecular weight excluding hydrogens is 300 g/mol. The monoisotopic (exact) mass is 316 g/mol. The van der Waals surface area contributed by atoms with Crippen LogP contribution in [0.3, 0.4) is 0 Å². The molecule has 0 aliphatic carbocycles. The summed E-state index contributed by atoms with van der Waals surface area (Å²) < 4.78 is 0. The molecule has 0 fully saturated rings. The molecule has 2 aromatic rings. The van der Waals surface area contributed by atoms with Gasteiger partial charge in [-0.1, -0.05) is 47.1 Å². The summed E-state index contributed by atoms with van der Waals surface area (Å²) in [5.74, 6) is -0.150. The number of oxime groups is 1. The fraction of sp³-hybridized carbons (Fsp3) is 0.176. The Morgan fingerprint density at radius 3 is 2.55 bits per heavy atom. The molecule has 22 heavy (non-hydrogen) atoms. The maximum absolute atomic E-state index is 12.3. The highest BCUT2D eigenvalue weighted by Gasteiger charge is 2.13. The van der Waals surface area contributed by atoms with Crippen molar-refractivity contribution in [2.24, 2.45) is 5.16 Å². The van der Waals surface area contributed by atoms with E-state index in [2.05, 4.69) is 15.3 Å². The lowest BCUT2D eigenvalue weighted by atomic mass is 10.1. The van der Waals surface area contributed by atoms with E-state index in [-0.39, 0.29) is 11.9 Å². The van der Waals surface area contributed by atoms with Crippen molar-refractivity contribution >= 4 is 23.7 Å². The Balaban J connectivity index is 2.06. The Morgan fingerprint density at radius 2 is 1.91 bits per heavy atom. The zero-order valence-electron chi connectivity index (χ0n) is 12.4. The van der Waals surface area contributed by atoms with Gasteiger partial charge in [0.2, 0.25) is 0 Å². The fourth-order valence-electron chi connectivity index (χ4n) is 2.02. The van der Waals surface area contributed by atoms with E-state index < -0.39 is 0 Å². The molecule has 4 nitrogen and oxygen atoms in total. The van der Waals surface area contributed by atoms with E-state index >= 15 is 0 Å². The molecule has 5 heteroatoms. The minimum absolute atomic E-state index is 0.150. The van der Waals surface area contributed by atoms with E-state index in [4.69, 9.17) is 11.6 Å². The van der Waals surface area contributed by atoms with Gasteiger partial charge in [-0.15, -0.1) is 0 Å². The Labute approximate surface area is 134 Å². The highest BCUT2D eigenvalue weighted by molar-refractivity contribution is 6.31. The first-order valence-corrected chi connectivity index (χ1v) is 7.21. The van der Waals surface area contributed by atoms with Crippen molar-refractivity contribution in [2.75, 3.05) is 7.11 Å². The van der Waals surface area contributed by atoms with Crippen LogP contribution in [-0.2, 0) is 4.84 Å². The van der Waals surface area contributed by atoms with Crippen molar-refractivity contribution < 1.29 is 9.63 Å². The first kappa shape index (κ1) is 16.0. The zero-order chi connectivity index (χ0) is 15.9. The Bertz CT molecular complexity index is 669. The molecule has 0 spiro atoms. The topological polar surface area (TPSA) is 50.7 Å². The summed E-state index contributed by atoms with van der Waals surface area (Å²) in [6, 6.07) is 14.4. The second kappa shape index (κ2) is 7.61. The molecule has 0 saturated carbocycles. The summed E-state index contributed by atoms with van der Waals surface area (Å²) in [6.07, 6.45) is 1.58. The van der Waals surface area contributed by atoms with Gasteiger partial charge in [0, 0.05) is 10.6 Å². The Morgan fingerprint density at radius 1 is 1.23 bits per heavy atom. The Hall–Kier alpha value is -2.33. The average Bonchev–Trinajstić information content (AvgIpc) is 2.53. The van der Waals surface area contributed by atoms with Gasteiger partial charge < -0.3 is 10.2 Å². The van der Waals surface area contributed by atoms with Crippen molar-refractivity contribution in [3.8, 4) is 0 Å². The van der Waals surface area contributed by atoms with Crippen LogP contribution in [0.15, 0.2) is 53.7 Å². The number of hydrogen-bond donors (Lipinski definition) is 1. The molecule has 0 heterocycles. The average molecular weight is 317 g/mol. The van der Waals surface area contributed by atoms with Crippen LogP contribution >= 0.6 is 11.6 Å². The number of nitrogens with zero attached hydrogens (tertiary/aromatic N) is 1. The van der Waals surface area contributed by atoms with Crippen molar-refractivity contribution in [1.29, 1.82) is 0 Å². The van der Waals surface area contributed by atoms with Crippen LogP contribution in [-0.4, -0.2) is 19.2 Å². The molecule has 0 aliphatic heterocycles. The summed E-state index contributed by atoms with van der Waals surface area (Å²) in [6.45, 7) is 1.90. The number of carbonyl (C=O) groups is 1. The lowest BCUT2D eigenvalue weighted by Crippen LogP contribution is -2.26. The van der Waals surface area contributed by atoms with E-state index in [0.29, 0.717) is 10.6 Å². The maximum Gasteiger partial charge on any atom is 0.251 e. The SMILES string of the molecule is CO/N=C/c1ccc(C(=O)NC(C)c2ccccc2Cl)cc1. The molecule has 0 radical (unpaired) electrons. The third kappa shape index (κ3) is 4.09. The molecule has 0 aromatic heterocycles. The molecule has 0 bridgehead atoms. The third-order valence-electron chi connectivity index (χ3n) is 3.20. The fourth-order valence-corrected chi connectivity index (χ4v) is 2.32. The number of amides is 1. The molecule has 1 N–H and O–H groups in total. The van der Waals surface area contributed by atoms with E-state index in [9.17, 15) is 4.79 Å². The van der Waals surface area contributed by atoms with Crippen LogP contribution in [0.4, 0.5) is 0 Å². The largest absolute Gasteiger partial charge is 0.399 e. The van der Waals surface area contributed by atoms with Crippen LogP contribution in [0.1, 0.15) is 34.5 Å².